The van der Waals surface area contributed by atoms with Crippen molar-refractivity contribution < 1.29 is 38.5 Å². The highest BCUT2D eigenvalue weighted by atomic mass is 16.6. The first-order valence-electron chi connectivity index (χ1n) is 6.53. The molecule has 0 bridgehead atoms. The van der Waals surface area contributed by atoms with Crippen molar-refractivity contribution in [3.63, 3.8) is 0 Å². The highest BCUT2D eigenvalue weighted by molar-refractivity contribution is 5.84. The van der Waals surface area contributed by atoms with Crippen molar-refractivity contribution in [3.05, 3.63) is 0 Å². The zero-order valence-electron chi connectivity index (χ0n) is 12.2. The van der Waals surface area contributed by atoms with Gasteiger partial charge >= 0.3 is 17.9 Å². The molecule has 0 fully saturated rings. The number of rotatable bonds is 9. The van der Waals surface area contributed by atoms with E-state index in [1.807, 2.05) is 0 Å². The highest BCUT2D eigenvalue weighted by Gasteiger charge is 2.33. The minimum Gasteiger partial charge on any atom is -0.546 e. The maximum atomic E-state index is 11.8. The van der Waals surface area contributed by atoms with Crippen LogP contribution in [0.4, 0.5) is 0 Å². The van der Waals surface area contributed by atoms with E-state index in [9.17, 15) is 24.3 Å². The summed E-state index contributed by atoms with van der Waals surface area (Å²) in [5, 5.41) is 11.0. The van der Waals surface area contributed by atoms with Gasteiger partial charge in [-0.15, -0.1) is 0 Å². The van der Waals surface area contributed by atoms with Gasteiger partial charge in [-0.05, 0) is 20.3 Å². The zero-order valence-corrected chi connectivity index (χ0v) is 12.2. The van der Waals surface area contributed by atoms with Gasteiger partial charge < -0.3 is 24.1 Å². The molecule has 0 aromatic rings. The predicted octanol–water partition coefficient (Wildman–Crippen LogP) is -0.809. The van der Waals surface area contributed by atoms with Gasteiger partial charge in [0.2, 0.25) is 0 Å². The average Bonchev–Trinajstić information content (AvgIpc) is 2.37. The molecule has 0 aromatic carbocycles. The molecule has 0 aliphatic rings. The average molecular weight is 303 g/mol. The molecule has 21 heavy (non-hydrogen) atoms. The van der Waals surface area contributed by atoms with Gasteiger partial charge in [0.25, 0.3) is 0 Å². The lowest BCUT2D eigenvalue weighted by molar-refractivity contribution is -0.317. The van der Waals surface area contributed by atoms with E-state index in [2.05, 4.69) is 4.74 Å². The van der Waals surface area contributed by atoms with Gasteiger partial charge in [0.05, 0.1) is 25.1 Å². The second-order valence-electron chi connectivity index (χ2n) is 4.05. The van der Waals surface area contributed by atoms with Crippen LogP contribution in [0.3, 0.4) is 0 Å². The third kappa shape index (κ3) is 7.28. The third-order valence-corrected chi connectivity index (χ3v) is 2.44. The quantitative estimate of drug-likeness (QED) is 0.401. The maximum absolute atomic E-state index is 11.8. The molecular weight excluding hydrogens is 284 g/mol. The summed E-state index contributed by atoms with van der Waals surface area (Å²) in [5.74, 6) is -5.41. The molecule has 0 amide bonds. The largest absolute Gasteiger partial charge is 0.546 e. The molecule has 2 unspecified atom stereocenters. The van der Waals surface area contributed by atoms with Gasteiger partial charge in [0.1, 0.15) is 0 Å². The number of carboxylic acid groups (broad SMARTS) is 1. The SMILES string of the molecule is CCOC(=O)CCC(C(=O)OCC)C(OC(C)=O)C(=O)[O-]. The van der Waals surface area contributed by atoms with Crippen LogP contribution in [0.2, 0.25) is 0 Å². The number of hydrogen-bond donors (Lipinski definition) is 0. The first-order valence-corrected chi connectivity index (χ1v) is 6.53. The lowest BCUT2D eigenvalue weighted by Crippen LogP contribution is -2.46. The van der Waals surface area contributed by atoms with Crippen molar-refractivity contribution >= 4 is 23.9 Å². The van der Waals surface area contributed by atoms with Crippen LogP contribution >= 0.6 is 0 Å². The molecule has 8 heteroatoms. The van der Waals surface area contributed by atoms with Crippen molar-refractivity contribution in [2.24, 2.45) is 5.92 Å². The van der Waals surface area contributed by atoms with Gasteiger partial charge in [-0.1, -0.05) is 0 Å². The molecular formula is C13H19O8-. The fraction of sp³-hybridized carbons (Fsp3) is 0.692. The highest BCUT2D eigenvalue weighted by Crippen LogP contribution is 2.18. The van der Waals surface area contributed by atoms with Gasteiger partial charge in [-0.3, -0.25) is 14.4 Å². The number of aliphatic carboxylic acids is 1. The van der Waals surface area contributed by atoms with E-state index in [-0.39, 0.29) is 26.1 Å². The Bertz CT molecular complexity index is 390. The summed E-state index contributed by atoms with van der Waals surface area (Å²) >= 11 is 0. The van der Waals surface area contributed by atoms with Crippen LogP contribution in [0.25, 0.3) is 0 Å². The van der Waals surface area contributed by atoms with Crippen LogP contribution in [0.15, 0.2) is 0 Å². The Balaban J connectivity index is 4.99. The topological polar surface area (TPSA) is 119 Å². The van der Waals surface area contributed by atoms with E-state index in [0.29, 0.717) is 0 Å². The van der Waals surface area contributed by atoms with Gasteiger partial charge in [0.15, 0.2) is 6.10 Å². The standard InChI is InChI=1S/C13H20O8/c1-4-19-10(15)7-6-9(13(18)20-5-2)11(12(16)17)21-8(3)14/h9,11H,4-7H2,1-3H3,(H,16,17)/p-1. The number of carbonyl (C=O) groups is 4. The van der Waals surface area contributed by atoms with Gasteiger partial charge in [-0.25, -0.2) is 0 Å². The van der Waals surface area contributed by atoms with Crippen molar-refractivity contribution in [3.8, 4) is 0 Å². The molecule has 0 rings (SSSR count). The molecule has 0 N–H and O–H groups in total. The smallest absolute Gasteiger partial charge is 0.313 e. The summed E-state index contributed by atoms with van der Waals surface area (Å²) in [5.41, 5.74) is 0. The Labute approximate surface area is 122 Å². The fourth-order valence-corrected chi connectivity index (χ4v) is 1.62. The van der Waals surface area contributed by atoms with E-state index < -0.39 is 35.9 Å². The van der Waals surface area contributed by atoms with Crippen LogP contribution in [-0.4, -0.2) is 43.2 Å². The van der Waals surface area contributed by atoms with Gasteiger partial charge in [0, 0.05) is 13.3 Å². The molecule has 0 aromatic heterocycles. The van der Waals surface area contributed by atoms with Crippen molar-refractivity contribution in [1.29, 1.82) is 0 Å². The molecule has 0 heterocycles. The van der Waals surface area contributed by atoms with Crippen LogP contribution in [0.5, 0.6) is 0 Å². The monoisotopic (exact) mass is 303 g/mol. The summed E-state index contributed by atoms with van der Waals surface area (Å²) in [4.78, 5) is 45.1. The minimum atomic E-state index is -1.81. The Kier molecular flexibility index (Phi) is 8.75. The Morgan fingerprint density at radius 1 is 1.05 bits per heavy atom. The van der Waals surface area contributed by atoms with Crippen LogP contribution < -0.4 is 5.11 Å². The Morgan fingerprint density at radius 3 is 2.05 bits per heavy atom. The number of esters is 3. The molecule has 0 saturated carbocycles. The number of carbonyl (C=O) groups excluding carboxylic acids is 4. The summed E-state index contributed by atoms with van der Waals surface area (Å²) < 4.78 is 14.0. The zero-order chi connectivity index (χ0) is 16.4. The second kappa shape index (κ2) is 9.73. The maximum Gasteiger partial charge on any atom is 0.313 e. The molecule has 8 nitrogen and oxygen atoms in total. The molecule has 0 aliphatic heterocycles. The Morgan fingerprint density at radius 2 is 1.62 bits per heavy atom. The molecule has 0 radical (unpaired) electrons. The summed E-state index contributed by atoms with van der Waals surface area (Å²) in [6, 6.07) is 0. The van der Waals surface area contributed by atoms with Crippen LogP contribution in [0, 0.1) is 5.92 Å². The normalized spacial score (nSPS) is 12.9. The summed E-state index contributed by atoms with van der Waals surface area (Å²) in [6.45, 7) is 4.35. The predicted molar refractivity (Wildman–Crippen MR) is 66.6 cm³/mol. The van der Waals surface area contributed by atoms with E-state index in [1.165, 1.54) is 0 Å². The first-order chi connectivity index (χ1) is 9.83. The first kappa shape index (κ1) is 18.9. The van der Waals surface area contributed by atoms with Gasteiger partial charge in [-0.2, -0.15) is 0 Å². The van der Waals surface area contributed by atoms with Crippen LogP contribution in [-0.2, 0) is 33.4 Å². The number of carboxylic acids is 1. The molecule has 0 aliphatic carbocycles. The number of hydrogen-bond acceptors (Lipinski definition) is 8. The molecule has 2 atom stereocenters. The van der Waals surface area contributed by atoms with Crippen LogP contribution in [0.1, 0.15) is 33.6 Å². The summed E-state index contributed by atoms with van der Waals surface area (Å²) in [7, 11) is 0. The number of ether oxygens (including phenoxy) is 3. The van der Waals surface area contributed by atoms with E-state index in [4.69, 9.17) is 9.47 Å². The lowest BCUT2D eigenvalue weighted by atomic mass is 9.96. The third-order valence-electron chi connectivity index (χ3n) is 2.44. The van der Waals surface area contributed by atoms with Crippen molar-refractivity contribution in [2.75, 3.05) is 13.2 Å². The second-order valence-corrected chi connectivity index (χ2v) is 4.05. The van der Waals surface area contributed by atoms with E-state index >= 15 is 0 Å². The Hall–Kier alpha value is -2.12. The molecule has 0 spiro atoms. The molecule has 0 saturated heterocycles. The summed E-state index contributed by atoms with van der Waals surface area (Å²) in [6.07, 6.45) is -2.21. The van der Waals surface area contributed by atoms with Crippen molar-refractivity contribution in [1.82, 2.24) is 0 Å². The van der Waals surface area contributed by atoms with Crippen molar-refractivity contribution in [2.45, 2.75) is 39.7 Å². The molecule has 120 valence electrons. The van der Waals surface area contributed by atoms with E-state index in [1.54, 1.807) is 13.8 Å². The fourth-order valence-electron chi connectivity index (χ4n) is 1.62. The lowest BCUT2D eigenvalue weighted by Gasteiger charge is -2.25. The minimum absolute atomic E-state index is 0.0224. The van der Waals surface area contributed by atoms with E-state index in [0.717, 1.165) is 6.92 Å².